The highest BCUT2D eigenvalue weighted by Gasteiger charge is 2.22. The summed E-state index contributed by atoms with van der Waals surface area (Å²) in [5.41, 5.74) is 6.47. The van der Waals surface area contributed by atoms with Crippen molar-refractivity contribution in [1.29, 1.82) is 0 Å². The monoisotopic (exact) mass is 389 g/mol. The molecule has 0 saturated heterocycles. The second kappa shape index (κ2) is 7.40. The van der Waals surface area contributed by atoms with E-state index in [0.29, 0.717) is 12.1 Å². The van der Waals surface area contributed by atoms with Crippen LogP contribution in [0.3, 0.4) is 0 Å². The first kappa shape index (κ1) is 18.1. The van der Waals surface area contributed by atoms with Crippen LogP contribution < -0.4 is 4.72 Å². The lowest BCUT2D eigenvalue weighted by atomic mass is 9.96. The first-order chi connectivity index (χ1) is 13.5. The molecule has 0 unspecified atom stereocenters. The van der Waals surface area contributed by atoms with Crippen molar-refractivity contribution in [2.24, 2.45) is 4.99 Å². The zero-order valence-corrected chi connectivity index (χ0v) is 16.1. The lowest BCUT2D eigenvalue weighted by molar-refractivity contribution is 0.607. The van der Waals surface area contributed by atoms with Gasteiger partial charge in [0.15, 0.2) is 0 Å². The Balaban J connectivity index is 1.79. The van der Waals surface area contributed by atoms with Gasteiger partial charge in [0.2, 0.25) is 10.0 Å². The van der Waals surface area contributed by atoms with Crippen molar-refractivity contribution in [2.75, 3.05) is 11.0 Å². The van der Waals surface area contributed by atoms with Gasteiger partial charge in [0.25, 0.3) is 0 Å². The van der Waals surface area contributed by atoms with Gasteiger partial charge in [-0.25, -0.2) is 8.42 Å². The second-order valence-electron chi connectivity index (χ2n) is 6.62. The number of rotatable bonds is 5. The van der Waals surface area contributed by atoms with Gasteiger partial charge in [-0.2, -0.15) is 0 Å². The Labute approximate surface area is 164 Å². The number of aliphatic imine (C=N–C) groups is 1. The molecule has 2 heterocycles. The molecule has 0 radical (unpaired) electrons. The molecule has 28 heavy (non-hydrogen) atoms. The van der Waals surface area contributed by atoms with Gasteiger partial charge in [-0.15, -0.1) is 0 Å². The summed E-state index contributed by atoms with van der Waals surface area (Å²) >= 11 is 0. The van der Waals surface area contributed by atoms with Crippen LogP contribution in [-0.4, -0.2) is 25.4 Å². The highest BCUT2D eigenvalue weighted by molar-refractivity contribution is 7.92. The van der Waals surface area contributed by atoms with E-state index in [1.54, 1.807) is 18.5 Å². The van der Waals surface area contributed by atoms with Crippen LogP contribution in [0.4, 0.5) is 5.69 Å². The summed E-state index contributed by atoms with van der Waals surface area (Å²) in [6.45, 7) is 0. The van der Waals surface area contributed by atoms with Crippen molar-refractivity contribution in [3.63, 3.8) is 0 Å². The molecule has 140 valence electrons. The number of aromatic nitrogens is 1. The van der Waals surface area contributed by atoms with E-state index in [-0.39, 0.29) is 0 Å². The van der Waals surface area contributed by atoms with Crippen LogP contribution >= 0.6 is 0 Å². The van der Waals surface area contributed by atoms with Gasteiger partial charge < -0.3 is 0 Å². The Morgan fingerprint density at radius 1 is 0.857 bits per heavy atom. The summed E-state index contributed by atoms with van der Waals surface area (Å²) in [5, 5.41) is 0. The fourth-order valence-corrected chi connectivity index (χ4v) is 3.82. The molecular weight excluding hydrogens is 370 g/mol. The first-order valence-electron chi connectivity index (χ1n) is 8.84. The summed E-state index contributed by atoms with van der Waals surface area (Å²) in [6.07, 6.45) is 5.31. The molecule has 4 rings (SSSR count). The van der Waals surface area contributed by atoms with E-state index >= 15 is 0 Å². The van der Waals surface area contributed by atoms with Gasteiger partial charge in [0.1, 0.15) is 0 Å². The van der Waals surface area contributed by atoms with Crippen LogP contribution in [0.15, 0.2) is 84.1 Å². The Kier molecular flexibility index (Phi) is 4.79. The number of nitrogens with zero attached hydrogens (tertiary/aromatic N) is 2. The number of nitrogens with one attached hydrogen (secondary N) is 1. The van der Waals surface area contributed by atoms with Crippen LogP contribution in [0, 0.1) is 0 Å². The van der Waals surface area contributed by atoms with Gasteiger partial charge in [-0.1, -0.05) is 42.5 Å². The van der Waals surface area contributed by atoms with Crippen LogP contribution in [0.25, 0.3) is 11.3 Å². The van der Waals surface area contributed by atoms with Crippen LogP contribution in [0.2, 0.25) is 0 Å². The van der Waals surface area contributed by atoms with E-state index in [2.05, 4.69) is 9.71 Å². The summed E-state index contributed by atoms with van der Waals surface area (Å²) in [4.78, 5) is 9.02. The van der Waals surface area contributed by atoms with Gasteiger partial charge in [0, 0.05) is 30.1 Å². The average Bonchev–Trinajstić information content (AvgIpc) is 3.14. The zero-order chi connectivity index (χ0) is 19.6. The molecule has 1 aliphatic heterocycles. The van der Waals surface area contributed by atoms with Gasteiger partial charge in [0.05, 0.1) is 17.7 Å². The molecule has 0 aliphatic carbocycles. The number of sulfonamides is 1. The topological polar surface area (TPSA) is 71.4 Å². The van der Waals surface area contributed by atoms with E-state index in [4.69, 9.17) is 4.99 Å². The number of benzene rings is 2. The van der Waals surface area contributed by atoms with Crippen LogP contribution in [0.1, 0.15) is 23.1 Å². The van der Waals surface area contributed by atoms with Gasteiger partial charge in [-0.3, -0.25) is 14.7 Å². The third-order valence-corrected chi connectivity index (χ3v) is 5.06. The molecule has 1 aromatic heterocycles. The zero-order valence-electron chi connectivity index (χ0n) is 15.3. The van der Waals surface area contributed by atoms with Crippen molar-refractivity contribution in [2.45, 2.75) is 6.42 Å². The number of hydrogen-bond donors (Lipinski definition) is 1. The minimum Gasteiger partial charge on any atom is -0.284 e. The van der Waals surface area contributed by atoms with Crippen molar-refractivity contribution < 1.29 is 8.42 Å². The van der Waals surface area contributed by atoms with Crippen molar-refractivity contribution in [3.05, 3.63) is 95.8 Å². The predicted octanol–water partition coefficient (Wildman–Crippen LogP) is 4.21. The molecule has 3 aromatic rings. The normalized spacial score (nSPS) is 14.1. The molecule has 0 atom stereocenters. The molecule has 0 fully saturated rings. The van der Waals surface area contributed by atoms with Crippen LogP contribution in [0.5, 0.6) is 0 Å². The number of pyridine rings is 1. The minimum atomic E-state index is -3.34. The number of hydrogen-bond acceptors (Lipinski definition) is 4. The maximum Gasteiger partial charge on any atom is 0.229 e. The Morgan fingerprint density at radius 2 is 1.57 bits per heavy atom. The highest BCUT2D eigenvalue weighted by atomic mass is 32.2. The Hall–Kier alpha value is -3.25. The van der Waals surface area contributed by atoms with E-state index in [1.165, 1.54) is 0 Å². The molecule has 0 bridgehead atoms. The van der Waals surface area contributed by atoms with E-state index < -0.39 is 10.0 Å². The average molecular weight is 389 g/mol. The van der Waals surface area contributed by atoms with Crippen LogP contribution in [-0.2, 0) is 10.0 Å². The number of anilines is 1. The summed E-state index contributed by atoms with van der Waals surface area (Å²) in [5.74, 6) is 0. The van der Waals surface area contributed by atoms with Gasteiger partial charge in [-0.05, 0) is 41.0 Å². The molecular formula is C22H19N3O2S. The minimum absolute atomic E-state index is 0.537. The van der Waals surface area contributed by atoms with Gasteiger partial charge >= 0.3 is 0 Å². The first-order valence-corrected chi connectivity index (χ1v) is 10.7. The number of allylic oxidation sites excluding steroid dienone is 1. The molecule has 0 saturated carbocycles. The summed E-state index contributed by atoms with van der Waals surface area (Å²) in [6, 6.07) is 21.4. The third-order valence-electron chi connectivity index (χ3n) is 4.45. The molecule has 0 spiro atoms. The molecule has 1 N–H and O–H groups in total. The largest absolute Gasteiger partial charge is 0.284 e. The van der Waals surface area contributed by atoms with E-state index in [1.807, 2.05) is 60.7 Å². The SMILES string of the molecule is CS(=O)(=O)Nc1cccc(C2=C(c3ccncc3)N=C(c3ccccc3)C2)c1. The van der Waals surface area contributed by atoms with E-state index in [9.17, 15) is 8.42 Å². The predicted molar refractivity (Wildman–Crippen MR) is 114 cm³/mol. The Morgan fingerprint density at radius 3 is 2.29 bits per heavy atom. The second-order valence-corrected chi connectivity index (χ2v) is 8.37. The maximum atomic E-state index is 11.6. The van der Waals surface area contributed by atoms with Crippen molar-refractivity contribution in [3.8, 4) is 0 Å². The molecule has 6 heteroatoms. The maximum absolute atomic E-state index is 11.6. The smallest absolute Gasteiger partial charge is 0.229 e. The third kappa shape index (κ3) is 4.02. The molecule has 1 aliphatic rings. The molecule has 2 aromatic carbocycles. The molecule has 5 nitrogen and oxygen atoms in total. The van der Waals surface area contributed by atoms with Crippen molar-refractivity contribution >= 4 is 32.7 Å². The standard InChI is InChI=1S/C22H19N3O2S/c1-28(26,27)25-19-9-5-8-18(14-19)20-15-21(16-6-3-2-4-7-16)24-22(20)17-10-12-23-13-11-17/h2-14,25H,15H2,1H3. The fourth-order valence-electron chi connectivity index (χ4n) is 3.26. The quantitative estimate of drug-likeness (QED) is 0.710. The van der Waals surface area contributed by atoms with E-state index in [0.717, 1.165) is 39.9 Å². The molecule has 0 amide bonds. The Bertz CT molecular complexity index is 1170. The summed E-state index contributed by atoms with van der Waals surface area (Å²) < 4.78 is 25.8. The van der Waals surface area contributed by atoms with Crippen molar-refractivity contribution in [1.82, 2.24) is 4.98 Å². The lowest BCUT2D eigenvalue weighted by Crippen LogP contribution is -2.09. The highest BCUT2D eigenvalue weighted by Crippen LogP contribution is 2.37. The summed E-state index contributed by atoms with van der Waals surface area (Å²) in [7, 11) is -3.34. The fraction of sp³-hybridized carbons (Fsp3) is 0.0909. The lowest BCUT2D eigenvalue weighted by Gasteiger charge is -2.10.